The first-order chi connectivity index (χ1) is 6.41. The van der Waals surface area contributed by atoms with E-state index in [0.717, 1.165) is 38.4 Å². The summed E-state index contributed by atoms with van der Waals surface area (Å²) in [5.41, 5.74) is 0. The highest BCUT2D eigenvalue weighted by atomic mass is 35.5. The first kappa shape index (κ1) is 12.7. The van der Waals surface area contributed by atoms with Crippen molar-refractivity contribution in [3.8, 4) is 0 Å². The highest BCUT2D eigenvalue weighted by Crippen LogP contribution is 1.93. The summed E-state index contributed by atoms with van der Waals surface area (Å²) in [6, 6.07) is 0. The van der Waals surface area contributed by atoms with Crippen molar-refractivity contribution in [3.63, 3.8) is 0 Å². The smallest absolute Gasteiger partial charge is 0.0500 e. The summed E-state index contributed by atoms with van der Waals surface area (Å²) < 4.78 is 5.38. The third-order valence-corrected chi connectivity index (χ3v) is 1.81. The number of hydrogen-bond donors (Lipinski definition) is 0. The fourth-order valence-electron chi connectivity index (χ4n) is 0.838. The molecule has 0 atom stereocenters. The summed E-state index contributed by atoms with van der Waals surface area (Å²) in [4.78, 5) is 0. The van der Waals surface area contributed by atoms with Crippen molar-refractivity contribution >= 4 is 11.6 Å². The number of ether oxygens (including phenoxy) is 1. The van der Waals surface area contributed by atoms with Gasteiger partial charge in [0.25, 0.3) is 0 Å². The van der Waals surface area contributed by atoms with Crippen LogP contribution in [0.4, 0.5) is 0 Å². The van der Waals surface area contributed by atoms with Gasteiger partial charge in [-0.25, -0.2) is 0 Å². The zero-order valence-electron chi connectivity index (χ0n) is 8.34. The van der Waals surface area contributed by atoms with Gasteiger partial charge in [0.15, 0.2) is 0 Å². The normalized spacial score (nSPS) is 11.8. The van der Waals surface area contributed by atoms with E-state index < -0.39 is 0 Å². The van der Waals surface area contributed by atoms with Gasteiger partial charge in [0.05, 0.1) is 6.61 Å². The quantitative estimate of drug-likeness (QED) is 0.332. The molecule has 0 heterocycles. The Balaban J connectivity index is 2.99. The number of hydrogen-bond acceptors (Lipinski definition) is 1. The Labute approximate surface area is 86.4 Å². The van der Waals surface area contributed by atoms with Crippen LogP contribution in [0.25, 0.3) is 0 Å². The van der Waals surface area contributed by atoms with Crippen molar-refractivity contribution < 1.29 is 4.74 Å². The molecule has 0 fully saturated rings. The molecule has 0 aromatic rings. The lowest BCUT2D eigenvalue weighted by molar-refractivity contribution is 0.136. The predicted octanol–water partition coefficient (Wildman–Crippen LogP) is 3.54. The van der Waals surface area contributed by atoms with Crippen molar-refractivity contribution in [1.82, 2.24) is 0 Å². The zero-order valence-corrected chi connectivity index (χ0v) is 9.09. The minimum Gasteiger partial charge on any atom is -0.381 e. The van der Waals surface area contributed by atoms with Gasteiger partial charge >= 0.3 is 0 Å². The maximum absolute atomic E-state index is 5.52. The number of unbranched alkanes of at least 4 members (excludes halogenated alkanes) is 1. The molecule has 0 aliphatic rings. The van der Waals surface area contributed by atoms with Gasteiger partial charge in [0, 0.05) is 12.5 Å². The summed E-state index contributed by atoms with van der Waals surface area (Å²) in [6.07, 6.45) is 11.3. The summed E-state index contributed by atoms with van der Waals surface area (Å²) in [5, 5.41) is 0. The lowest BCUT2D eigenvalue weighted by Crippen LogP contribution is -1.95. The van der Waals surface area contributed by atoms with Crippen LogP contribution in [-0.4, -0.2) is 19.1 Å². The van der Waals surface area contributed by atoms with E-state index in [4.69, 9.17) is 16.3 Å². The van der Waals surface area contributed by atoms with Crippen LogP contribution < -0.4 is 0 Å². The molecule has 0 radical (unpaired) electrons. The monoisotopic (exact) mass is 202 g/mol. The van der Waals surface area contributed by atoms with Gasteiger partial charge in [-0.15, -0.1) is 11.6 Å². The number of allylic oxidation sites excluding steroid dienone is 3. The molecule has 0 aromatic heterocycles. The Bertz CT molecular complexity index is 141. The molecule has 0 spiro atoms. The third kappa shape index (κ3) is 11.7. The highest BCUT2D eigenvalue weighted by Gasteiger charge is 1.86. The van der Waals surface area contributed by atoms with Gasteiger partial charge < -0.3 is 4.74 Å². The largest absolute Gasteiger partial charge is 0.381 e. The minimum absolute atomic E-state index is 0.741. The van der Waals surface area contributed by atoms with Gasteiger partial charge in [0.2, 0.25) is 0 Å². The molecular formula is C11H19ClO. The molecule has 0 aliphatic heterocycles. The maximum Gasteiger partial charge on any atom is 0.0500 e. The van der Waals surface area contributed by atoms with Crippen LogP contribution in [0.3, 0.4) is 0 Å². The lowest BCUT2D eigenvalue weighted by Gasteiger charge is -1.99. The molecule has 0 aromatic carbocycles. The van der Waals surface area contributed by atoms with Gasteiger partial charge in [-0.05, 0) is 26.2 Å². The fraction of sp³-hybridized carbons (Fsp3) is 0.636. The first-order valence-electron chi connectivity index (χ1n) is 4.83. The Hall–Kier alpha value is -0.270. The SMILES string of the molecule is C/C=C/C=C\CCOCCCCCl. The van der Waals surface area contributed by atoms with Crippen molar-refractivity contribution in [1.29, 1.82) is 0 Å². The fourth-order valence-corrected chi connectivity index (χ4v) is 1.03. The molecule has 13 heavy (non-hydrogen) atoms. The van der Waals surface area contributed by atoms with Crippen LogP contribution in [-0.2, 0) is 4.74 Å². The van der Waals surface area contributed by atoms with E-state index in [0.29, 0.717) is 0 Å². The van der Waals surface area contributed by atoms with Crippen LogP contribution >= 0.6 is 11.6 Å². The van der Waals surface area contributed by atoms with Crippen LogP contribution in [0, 0.1) is 0 Å². The van der Waals surface area contributed by atoms with E-state index in [9.17, 15) is 0 Å². The molecule has 0 unspecified atom stereocenters. The maximum atomic E-state index is 5.52. The molecule has 0 rings (SSSR count). The molecule has 0 saturated heterocycles. The van der Waals surface area contributed by atoms with E-state index in [1.807, 2.05) is 25.2 Å². The highest BCUT2D eigenvalue weighted by molar-refractivity contribution is 6.17. The van der Waals surface area contributed by atoms with E-state index in [1.165, 1.54) is 0 Å². The molecular weight excluding hydrogens is 184 g/mol. The second kappa shape index (κ2) is 11.7. The molecule has 0 N–H and O–H groups in total. The Morgan fingerprint density at radius 1 is 1.15 bits per heavy atom. The number of rotatable bonds is 8. The van der Waals surface area contributed by atoms with E-state index >= 15 is 0 Å². The average molecular weight is 203 g/mol. The predicted molar refractivity (Wildman–Crippen MR) is 59.3 cm³/mol. The van der Waals surface area contributed by atoms with Crippen molar-refractivity contribution in [3.05, 3.63) is 24.3 Å². The Morgan fingerprint density at radius 2 is 2.00 bits per heavy atom. The first-order valence-corrected chi connectivity index (χ1v) is 5.36. The van der Waals surface area contributed by atoms with Crippen molar-refractivity contribution in [2.45, 2.75) is 26.2 Å². The zero-order chi connectivity index (χ0) is 9.78. The molecule has 0 aliphatic carbocycles. The van der Waals surface area contributed by atoms with E-state index in [2.05, 4.69) is 6.08 Å². The Kier molecular flexibility index (Phi) is 11.5. The topological polar surface area (TPSA) is 9.23 Å². The molecule has 1 nitrogen and oxygen atoms in total. The van der Waals surface area contributed by atoms with Crippen molar-refractivity contribution in [2.75, 3.05) is 19.1 Å². The van der Waals surface area contributed by atoms with E-state index in [1.54, 1.807) is 0 Å². The van der Waals surface area contributed by atoms with Crippen LogP contribution in [0.2, 0.25) is 0 Å². The molecule has 76 valence electrons. The minimum atomic E-state index is 0.741. The van der Waals surface area contributed by atoms with Gasteiger partial charge in [0.1, 0.15) is 0 Å². The summed E-state index contributed by atoms with van der Waals surface area (Å²) in [5.74, 6) is 0.741. The van der Waals surface area contributed by atoms with Crippen molar-refractivity contribution in [2.24, 2.45) is 0 Å². The average Bonchev–Trinajstić information content (AvgIpc) is 2.16. The van der Waals surface area contributed by atoms with Crippen LogP contribution in [0.5, 0.6) is 0 Å². The van der Waals surface area contributed by atoms with Crippen LogP contribution in [0.15, 0.2) is 24.3 Å². The third-order valence-electron chi connectivity index (χ3n) is 1.54. The number of halogens is 1. The molecule has 0 bridgehead atoms. The number of alkyl halides is 1. The van der Waals surface area contributed by atoms with E-state index in [-0.39, 0.29) is 0 Å². The van der Waals surface area contributed by atoms with Gasteiger partial charge in [-0.2, -0.15) is 0 Å². The Morgan fingerprint density at radius 3 is 2.69 bits per heavy atom. The molecule has 0 saturated carbocycles. The van der Waals surface area contributed by atoms with Crippen LogP contribution in [0.1, 0.15) is 26.2 Å². The lowest BCUT2D eigenvalue weighted by atomic mass is 10.3. The van der Waals surface area contributed by atoms with Gasteiger partial charge in [-0.1, -0.05) is 24.3 Å². The van der Waals surface area contributed by atoms with Gasteiger partial charge in [-0.3, -0.25) is 0 Å². The second-order valence-electron chi connectivity index (χ2n) is 2.75. The second-order valence-corrected chi connectivity index (χ2v) is 3.13. The summed E-state index contributed by atoms with van der Waals surface area (Å²) >= 11 is 5.52. The standard InChI is InChI=1S/C11H19ClO/c1-2-3-4-5-7-10-13-11-8-6-9-12/h2-5H,6-11H2,1H3/b3-2+,5-4-. The molecule has 0 amide bonds. The molecule has 2 heteroatoms. The summed E-state index contributed by atoms with van der Waals surface area (Å²) in [6.45, 7) is 3.66. The summed E-state index contributed by atoms with van der Waals surface area (Å²) in [7, 11) is 0.